The molecule has 1 saturated carbocycles. The molecule has 1 aromatic heterocycles. The second kappa shape index (κ2) is 4.23. The summed E-state index contributed by atoms with van der Waals surface area (Å²) in [6.07, 6.45) is 2.41. The van der Waals surface area contributed by atoms with Gasteiger partial charge in [-0.2, -0.15) is 0 Å². The average molecular weight is 244 g/mol. The second-order valence-corrected chi connectivity index (χ2v) is 5.02. The highest BCUT2D eigenvalue weighted by atomic mass is 19.1. The molecular formula is C15H17FN2. The molecule has 0 amide bonds. The summed E-state index contributed by atoms with van der Waals surface area (Å²) in [5.74, 6) is 0.373. The highest BCUT2D eigenvalue weighted by molar-refractivity contribution is 5.94. The highest BCUT2D eigenvalue weighted by Crippen LogP contribution is 2.41. The summed E-state index contributed by atoms with van der Waals surface area (Å²) < 4.78 is 13.5. The van der Waals surface area contributed by atoms with Gasteiger partial charge in [0.05, 0.1) is 5.52 Å². The summed E-state index contributed by atoms with van der Waals surface area (Å²) in [5.41, 5.74) is 3.90. The number of halogens is 1. The maximum absolute atomic E-state index is 13.5. The molecule has 0 saturated heterocycles. The van der Waals surface area contributed by atoms with E-state index in [-0.39, 0.29) is 5.82 Å². The van der Waals surface area contributed by atoms with Crippen LogP contribution in [-0.4, -0.2) is 11.5 Å². The lowest BCUT2D eigenvalue weighted by molar-refractivity contribution is 0.628. The minimum atomic E-state index is -0.206. The first-order chi connectivity index (χ1) is 8.69. The Bertz CT molecular complexity index is 603. The fourth-order valence-electron chi connectivity index (χ4n) is 2.47. The monoisotopic (exact) mass is 244 g/mol. The molecule has 2 aromatic rings. The molecule has 18 heavy (non-hydrogen) atoms. The van der Waals surface area contributed by atoms with Crippen molar-refractivity contribution < 1.29 is 4.39 Å². The van der Waals surface area contributed by atoms with E-state index < -0.39 is 0 Å². The zero-order valence-corrected chi connectivity index (χ0v) is 10.8. The Labute approximate surface area is 106 Å². The van der Waals surface area contributed by atoms with E-state index in [1.165, 1.54) is 18.9 Å². The maximum atomic E-state index is 13.5. The first kappa shape index (κ1) is 11.5. The Kier molecular flexibility index (Phi) is 2.69. The third-order valence-electron chi connectivity index (χ3n) is 3.45. The average Bonchev–Trinajstić information content (AvgIpc) is 3.11. The van der Waals surface area contributed by atoms with Gasteiger partial charge in [-0.05, 0) is 44.4 Å². The summed E-state index contributed by atoms with van der Waals surface area (Å²) in [7, 11) is 0. The van der Waals surface area contributed by atoms with Crippen molar-refractivity contribution >= 4 is 16.6 Å². The number of benzene rings is 1. The predicted octanol–water partition coefficient (Wildman–Crippen LogP) is 3.99. The van der Waals surface area contributed by atoms with Crippen molar-refractivity contribution in [2.24, 2.45) is 0 Å². The number of hydrogen-bond acceptors (Lipinski definition) is 2. The van der Waals surface area contributed by atoms with Crippen molar-refractivity contribution in [3.63, 3.8) is 0 Å². The molecule has 1 fully saturated rings. The van der Waals surface area contributed by atoms with E-state index in [4.69, 9.17) is 0 Å². The van der Waals surface area contributed by atoms with Crippen LogP contribution in [0.1, 0.15) is 36.9 Å². The number of anilines is 1. The molecule has 1 aromatic carbocycles. The van der Waals surface area contributed by atoms with Crippen LogP contribution in [0.4, 0.5) is 10.1 Å². The lowest BCUT2D eigenvalue weighted by atomic mass is 10.1. The molecule has 1 aliphatic rings. The molecule has 0 bridgehead atoms. The van der Waals surface area contributed by atoms with Crippen molar-refractivity contribution in [1.29, 1.82) is 0 Å². The summed E-state index contributed by atoms with van der Waals surface area (Å²) in [5, 5.41) is 4.42. The van der Waals surface area contributed by atoms with Crippen LogP contribution in [0.25, 0.3) is 10.9 Å². The van der Waals surface area contributed by atoms with Gasteiger partial charge < -0.3 is 5.32 Å². The number of aryl methyl sites for hydroxylation is 1. The zero-order chi connectivity index (χ0) is 12.7. The Morgan fingerprint density at radius 1 is 1.33 bits per heavy atom. The van der Waals surface area contributed by atoms with Gasteiger partial charge in [0, 0.05) is 35.3 Å². The minimum Gasteiger partial charge on any atom is -0.385 e. The number of fused-ring (bicyclic) bond motifs is 1. The second-order valence-electron chi connectivity index (χ2n) is 5.02. The topological polar surface area (TPSA) is 24.9 Å². The molecule has 3 rings (SSSR count). The van der Waals surface area contributed by atoms with Gasteiger partial charge in [-0.1, -0.05) is 0 Å². The lowest BCUT2D eigenvalue weighted by Gasteiger charge is -2.12. The number of hydrogen-bond donors (Lipinski definition) is 1. The van der Waals surface area contributed by atoms with Gasteiger partial charge in [0.1, 0.15) is 5.82 Å². The third-order valence-corrected chi connectivity index (χ3v) is 3.45. The van der Waals surface area contributed by atoms with Gasteiger partial charge in [-0.15, -0.1) is 0 Å². The Hall–Kier alpha value is -1.64. The third kappa shape index (κ3) is 1.94. The van der Waals surface area contributed by atoms with Gasteiger partial charge in [0.15, 0.2) is 0 Å². The largest absolute Gasteiger partial charge is 0.385 e. The molecule has 0 unspecified atom stereocenters. The SMILES string of the molecule is CCNc1cc(C2CC2)nc2cc(F)cc(C)c12. The molecule has 0 spiro atoms. The van der Waals surface area contributed by atoms with Crippen molar-refractivity contribution in [2.45, 2.75) is 32.6 Å². The molecule has 1 aliphatic carbocycles. The number of aromatic nitrogens is 1. The summed E-state index contributed by atoms with van der Waals surface area (Å²) >= 11 is 0. The van der Waals surface area contributed by atoms with Gasteiger partial charge in [-0.25, -0.2) is 4.39 Å². The van der Waals surface area contributed by atoms with Gasteiger partial charge in [0.2, 0.25) is 0 Å². The minimum absolute atomic E-state index is 0.206. The molecule has 0 atom stereocenters. The molecule has 2 nitrogen and oxygen atoms in total. The van der Waals surface area contributed by atoms with Crippen LogP contribution < -0.4 is 5.32 Å². The Balaban J connectivity index is 2.26. The first-order valence-corrected chi connectivity index (χ1v) is 6.53. The quantitative estimate of drug-likeness (QED) is 0.883. The van der Waals surface area contributed by atoms with E-state index in [1.54, 1.807) is 6.07 Å². The van der Waals surface area contributed by atoms with Crippen LogP contribution in [0.3, 0.4) is 0 Å². The summed E-state index contributed by atoms with van der Waals surface area (Å²) in [6.45, 7) is 4.87. The molecule has 1 N–H and O–H groups in total. The molecule has 0 radical (unpaired) electrons. The van der Waals surface area contributed by atoms with E-state index in [1.807, 2.05) is 6.92 Å². The van der Waals surface area contributed by atoms with E-state index in [9.17, 15) is 4.39 Å². The van der Waals surface area contributed by atoms with Crippen LogP contribution in [-0.2, 0) is 0 Å². The Morgan fingerprint density at radius 2 is 2.11 bits per heavy atom. The fourth-order valence-corrected chi connectivity index (χ4v) is 2.47. The summed E-state index contributed by atoms with van der Waals surface area (Å²) in [4.78, 5) is 4.62. The molecule has 3 heteroatoms. The molecule has 1 heterocycles. The summed E-state index contributed by atoms with van der Waals surface area (Å²) in [6, 6.07) is 5.24. The van der Waals surface area contributed by atoms with Crippen LogP contribution in [0.15, 0.2) is 18.2 Å². The fraction of sp³-hybridized carbons (Fsp3) is 0.400. The first-order valence-electron chi connectivity index (χ1n) is 6.53. The van der Waals surface area contributed by atoms with Gasteiger partial charge in [-0.3, -0.25) is 4.98 Å². The Morgan fingerprint density at radius 3 is 2.78 bits per heavy atom. The van der Waals surface area contributed by atoms with Crippen molar-refractivity contribution in [1.82, 2.24) is 4.98 Å². The maximum Gasteiger partial charge on any atom is 0.125 e. The standard InChI is InChI=1S/C15H17FN2/c1-3-17-13-8-12(10-4-5-10)18-14-7-11(16)6-9(2)15(13)14/h6-8,10H,3-5H2,1-2H3,(H,17,18). The van der Waals surface area contributed by atoms with Crippen molar-refractivity contribution in [2.75, 3.05) is 11.9 Å². The van der Waals surface area contributed by atoms with E-state index >= 15 is 0 Å². The van der Waals surface area contributed by atoms with Crippen LogP contribution in [0, 0.1) is 12.7 Å². The number of pyridine rings is 1. The van der Waals surface area contributed by atoms with Gasteiger partial charge in [0.25, 0.3) is 0 Å². The normalized spacial score (nSPS) is 15.1. The molecule has 94 valence electrons. The number of rotatable bonds is 3. The van der Waals surface area contributed by atoms with Crippen LogP contribution in [0.5, 0.6) is 0 Å². The smallest absolute Gasteiger partial charge is 0.125 e. The number of nitrogens with zero attached hydrogens (tertiary/aromatic N) is 1. The highest BCUT2D eigenvalue weighted by Gasteiger charge is 2.26. The van der Waals surface area contributed by atoms with Gasteiger partial charge >= 0.3 is 0 Å². The van der Waals surface area contributed by atoms with Crippen LogP contribution in [0.2, 0.25) is 0 Å². The molecular weight excluding hydrogens is 227 g/mol. The van der Waals surface area contributed by atoms with Crippen molar-refractivity contribution in [3.05, 3.63) is 35.3 Å². The van der Waals surface area contributed by atoms with Crippen molar-refractivity contribution in [3.8, 4) is 0 Å². The molecule has 0 aliphatic heterocycles. The van der Waals surface area contributed by atoms with E-state index in [0.717, 1.165) is 34.4 Å². The van der Waals surface area contributed by atoms with Crippen LogP contribution >= 0.6 is 0 Å². The number of nitrogens with one attached hydrogen (secondary N) is 1. The lowest BCUT2D eigenvalue weighted by Crippen LogP contribution is -2.01. The predicted molar refractivity (Wildman–Crippen MR) is 72.6 cm³/mol. The van der Waals surface area contributed by atoms with E-state index in [0.29, 0.717) is 5.92 Å². The zero-order valence-electron chi connectivity index (χ0n) is 10.8. The van der Waals surface area contributed by atoms with E-state index in [2.05, 4.69) is 23.3 Å².